The van der Waals surface area contributed by atoms with Crippen LogP contribution in [0.1, 0.15) is 55.9 Å². The summed E-state index contributed by atoms with van der Waals surface area (Å²) in [6, 6.07) is 1.98. The summed E-state index contributed by atoms with van der Waals surface area (Å²) in [6.45, 7) is 15.2. The molecule has 0 radical (unpaired) electrons. The van der Waals surface area contributed by atoms with Crippen LogP contribution >= 0.6 is 0 Å². The number of carbonyl (C=O) groups excluding carboxylic acids is 1. The minimum Gasteiger partial charge on any atom is -0.333 e. The molecule has 0 aliphatic carbocycles. The summed E-state index contributed by atoms with van der Waals surface area (Å²) in [5.74, 6) is 0.236. The number of nitrogens with zero attached hydrogens (tertiary/aromatic N) is 1. The molecular weight excluding hydrogens is 374 g/mol. The zero-order chi connectivity index (χ0) is 21.3. The van der Waals surface area contributed by atoms with E-state index in [0.717, 1.165) is 35.1 Å². The number of piperidine rings is 1. The van der Waals surface area contributed by atoms with E-state index in [1.54, 1.807) is 0 Å². The van der Waals surface area contributed by atoms with Gasteiger partial charge in [0.05, 0.1) is 4.90 Å². The van der Waals surface area contributed by atoms with Crippen LogP contribution in [-0.2, 0) is 10.0 Å². The Bertz CT molecular complexity index is 807. The largest absolute Gasteiger partial charge is 0.333 e. The number of benzene rings is 1. The molecule has 2 N–H and O–H groups in total. The van der Waals surface area contributed by atoms with Crippen molar-refractivity contribution in [3.05, 3.63) is 28.3 Å². The van der Waals surface area contributed by atoms with Gasteiger partial charge < -0.3 is 10.2 Å². The van der Waals surface area contributed by atoms with Crippen LogP contribution in [0.15, 0.2) is 11.0 Å². The normalized spacial score (nSPS) is 16.3. The predicted octanol–water partition coefficient (Wildman–Crippen LogP) is 3.42. The Balaban J connectivity index is 1.98. The van der Waals surface area contributed by atoms with Crippen LogP contribution < -0.4 is 10.0 Å². The molecule has 0 atom stereocenters. The number of hydrogen-bond donors (Lipinski definition) is 2. The summed E-state index contributed by atoms with van der Waals surface area (Å²) in [6.07, 6.45) is 1.59. The van der Waals surface area contributed by atoms with Gasteiger partial charge in [-0.15, -0.1) is 0 Å². The van der Waals surface area contributed by atoms with Gasteiger partial charge in [0.15, 0.2) is 0 Å². The first kappa shape index (κ1) is 22.7. The van der Waals surface area contributed by atoms with Crippen molar-refractivity contribution in [2.45, 2.75) is 71.7 Å². The van der Waals surface area contributed by atoms with Gasteiger partial charge >= 0.3 is 6.03 Å². The van der Waals surface area contributed by atoms with E-state index in [0.29, 0.717) is 24.5 Å². The molecular formula is C21H35N3O3S. The van der Waals surface area contributed by atoms with E-state index in [9.17, 15) is 13.2 Å². The zero-order valence-corrected chi connectivity index (χ0v) is 19.1. The van der Waals surface area contributed by atoms with E-state index in [2.05, 4.69) is 10.0 Å². The van der Waals surface area contributed by atoms with Crippen LogP contribution in [0.4, 0.5) is 4.79 Å². The monoisotopic (exact) mass is 409 g/mol. The van der Waals surface area contributed by atoms with E-state index in [1.165, 1.54) is 0 Å². The topological polar surface area (TPSA) is 78.5 Å². The molecule has 158 valence electrons. The molecule has 6 nitrogen and oxygen atoms in total. The summed E-state index contributed by atoms with van der Waals surface area (Å²) in [4.78, 5) is 14.5. The first-order valence-electron chi connectivity index (χ1n) is 9.96. The maximum atomic E-state index is 13.0. The second-order valence-electron chi connectivity index (χ2n) is 9.05. The van der Waals surface area contributed by atoms with Gasteiger partial charge in [-0.25, -0.2) is 17.9 Å². The lowest BCUT2D eigenvalue weighted by molar-refractivity contribution is 0.163. The quantitative estimate of drug-likeness (QED) is 0.800. The van der Waals surface area contributed by atoms with Crippen LogP contribution in [0, 0.1) is 33.6 Å². The highest BCUT2D eigenvalue weighted by Crippen LogP contribution is 2.26. The third kappa shape index (κ3) is 5.47. The number of nitrogens with one attached hydrogen (secondary N) is 2. The van der Waals surface area contributed by atoms with Crippen molar-refractivity contribution in [2.24, 2.45) is 5.92 Å². The van der Waals surface area contributed by atoms with Gasteiger partial charge in [-0.05, 0) is 89.5 Å². The van der Waals surface area contributed by atoms with Crippen LogP contribution in [0.25, 0.3) is 0 Å². The maximum Gasteiger partial charge on any atom is 0.317 e. The smallest absolute Gasteiger partial charge is 0.317 e. The fourth-order valence-corrected chi connectivity index (χ4v) is 5.35. The van der Waals surface area contributed by atoms with Gasteiger partial charge in [0.2, 0.25) is 10.0 Å². The molecule has 2 rings (SSSR count). The third-order valence-corrected chi connectivity index (χ3v) is 7.21. The molecule has 1 aliphatic heterocycles. The lowest BCUT2D eigenvalue weighted by Crippen LogP contribution is -2.51. The molecule has 1 aromatic rings. The summed E-state index contributed by atoms with van der Waals surface area (Å²) in [7, 11) is -3.56. The molecule has 0 bridgehead atoms. The molecule has 1 heterocycles. The molecule has 1 fully saturated rings. The average Bonchev–Trinajstić information content (AvgIpc) is 2.57. The highest BCUT2D eigenvalue weighted by atomic mass is 32.2. The van der Waals surface area contributed by atoms with Crippen molar-refractivity contribution in [3.8, 4) is 0 Å². The SMILES string of the molecule is Cc1cc(C)c(C)c(S(=O)(=O)NCC2CCN(C(=O)NC(C)(C)C)CC2)c1C. The Hall–Kier alpha value is -1.60. The fraction of sp³-hybridized carbons (Fsp3) is 0.667. The van der Waals surface area contributed by atoms with Gasteiger partial charge in [0.25, 0.3) is 0 Å². The second-order valence-corrected chi connectivity index (χ2v) is 10.8. The third-order valence-electron chi connectivity index (χ3n) is 5.51. The number of sulfonamides is 1. The van der Waals surface area contributed by atoms with E-state index >= 15 is 0 Å². The Morgan fingerprint density at radius 2 is 1.57 bits per heavy atom. The summed E-state index contributed by atoms with van der Waals surface area (Å²) in [5, 5.41) is 2.98. The Kier molecular flexibility index (Phi) is 6.82. The second kappa shape index (κ2) is 8.41. The predicted molar refractivity (Wildman–Crippen MR) is 113 cm³/mol. The molecule has 1 aliphatic rings. The maximum absolute atomic E-state index is 13.0. The number of hydrogen-bond acceptors (Lipinski definition) is 3. The molecule has 0 aromatic heterocycles. The van der Waals surface area contributed by atoms with Gasteiger partial charge in [0, 0.05) is 25.2 Å². The standard InChI is InChI=1S/C21H35N3O3S/c1-14-12-15(2)17(4)19(16(14)3)28(26,27)22-13-18-8-10-24(11-9-18)20(25)23-21(5,6)7/h12,18,22H,8-11,13H2,1-7H3,(H,23,25). The number of likely N-dealkylation sites (tertiary alicyclic amines) is 1. The van der Waals surface area contributed by atoms with Gasteiger partial charge in [-0.1, -0.05) is 6.07 Å². The molecule has 28 heavy (non-hydrogen) atoms. The van der Waals surface area contributed by atoms with Crippen molar-refractivity contribution in [1.82, 2.24) is 14.9 Å². The van der Waals surface area contributed by atoms with E-state index < -0.39 is 10.0 Å². The Morgan fingerprint density at radius 3 is 2.04 bits per heavy atom. The number of urea groups is 1. The summed E-state index contributed by atoms with van der Waals surface area (Å²) < 4.78 is 28.7. The lowest BCUT2D eigenvalue weighted by Gasteiger charge is -2.34. The van der Waals surface area contributed by atoms with Crippen molar-refractivity contribution in [2.75, 3.05) is 19.6 Å². The van der Waals surface area contributed by atoms with Crippen LogP contribution in [0.2, 0.25) is 0 Å². The molecule has 1 aromatic carbocycles. The van der Waals surface area contributed by atoms with Gasteiger partial charge in [-0.2, -0.15) is 0 Å². The minimum atomic E-state index is -3.56. The van der Waals surface area contributed by atoms with Crippen LogP contribution in [0.3, 0.4) is 0 Å². The number of rotatable bonds is 4. The van der Waals surface area contributed by atoms with E-state index in [1.807, 2.05) is 59.4 Å². The van der Waals surface area contributed by atoms with Crippen molar-refractivity contribution >= 4 is 16.1 Å². The minimum absolute atomic E-state index is 0.0481. The van der Waals surface area contributed by atoms with Crippen molar-refractivity contribution < 1.29 is 13.2 Å². The Labute approximate surface area is 170 Å². The molecule has 0 spiro atoms. The number of aryl methyl sites for hydroxylation is 2. The number of carbonyl (C=O) groups is 1. The first-order valence-corrected chi connectivity index (χ1v) is 11.4. The molecule has 0 unspecified atom stereocenters. The van der Waals surface area contributed by atoms with Crippen molar-refractivity contribution in [3.63, 3.8) is 0 Å². The van der Waals surface area contributed by atoms with Crippen LogP contribution in [0.5, 0.6) is 0 Å². The van der Waals surface area contributed by atoms with E-state index in [-0.39, 0.29) is 17.5 Å². The zero-order valence-electron chi connectivity index (χ0n) is 18.3. The molecule has 2 amide bonds. The first-order chi connectivity index (χ1) is 12.8. The molecule has 7 heteroatoms. The average molecular weight is 410 g/mol. The molecule has 1 saturated heterocycles. The van der Waals surface area contributed by atoms with Crippen LogP contribution in [-0.4, -0.2) is 44.5 Å². The lowest BCUT2D eigenvalue weighted by atomic mass is 9.97. The highest BCUT2D eigenvalue weighted by Gasteiger charge is 2.27. The summed E-state index contributed by atoms with van der Waals surface area (Å²) in [5.41, 5.74) is 3.34. The van der Waals surface area contributed by atoms with Gasteiger partial charge in [-0.3, -0.25) is 0 Å². The summed E-state index contributed by atoms with van der Waals surface area (Å²) >= 11 is 0. The fourth-order valence-electron chi connectivity index (χ4n) is 3.62. The molecule has 0 saturated carbocycles. The number of amides is 2. The van der Waals surface area contributed by atoms with Crippen molar-refractivity contribution in [1.29, 1.82) is 0 Å². The van der Waals surface area contributed by atoms with Gasteiger partial charge in [0.1, 0.15) is 0 Å². The van der Waals surface area contributed by atoms with E-state index in [4.69, 9.17) is 0 Å². The Morgan fingerprint density at radius 1 is 1.07 bits per heavy atom. The highest BCUT2D eigenvalue weighted by molar-refractivity contribution is 7.89.